The summed E-state index contributed by atoms with van der Waals surface area (Å²) in [6.45, 7) is 6.19. The summed E-state index contributed by atoms with van der Waals surface area (Å²) in [6.07, 6.45) is 5.47. The number of hydrogen-bond acceptors (Lipinski definition) is 14. The third kappa shape index (κ3) is 17.0. The normalized spacial score (nSPS) is 12.3. The van der Waals surface area contributed by atoms with Gasteiger partial charge in [-0.15, -0.1) is 11.6 Å². The Balaban J connectivity index is 1.35. The van der Waals surface area contributed by atoms with E-state index >= 15 is 0 Å². The minimum Gasteiger partial charge on any atom is -0.379 e. The second-order valence-electron chi connectivity index (χ2n) is 12.0. The summed E-state index contributed by atoms with van der Waals surface area (Å²) in [6, 6.07) is 5.33. The molecule has 54 heavy (non-hydrogen) atoms. The number of aromatic amines is 1. The van der Waals surface area contributed by atoms with E-state index in [1.54, 1.807) is 16.7 Å². The van der Waals surface area contributed by atoms with Crippen molar-refractivity contribution in [1.82, 2.24) is 30.2 Å². The van der Waals surface area contributed by atoms with E-state index < -0.39 is 33.3 Å². The summed E-state index contributed by atoms with van der Waals surface area (Å²) >= 11 is 6.79. The predicted molar refractivity (Wildman–Crippen MR) is 206 cm³/mol. The third-order valence-electron chi connectivity index (χ3n) is 7.56. The van der Waals surface area contributed by atoms with Crippen LogP contribution in [0.2, 0.25) is 0 Å². The number of H-pyrrole nitrogens is 1. The molecule has 17 nitrogen and oxygen atoms in total. The van der Waals surface area contributed by atoms with Gasteiger partial charge in [-0.05, 0) is 30.5 Å². The van der Waals surface area contributed by atoms with E-state index in [1.807, 2.05) is 0 Å². The Morgan fingerprint density at radius 1 is 0.889 bits per heavy atom. The average Bonchev–Trinajstić information content (AvgIpc) is 3.47. The van der Waals surface area contributed by atoms with Gasteiger partial charge >= 0.3 is 0 Å². The Morgan fingerprint density at radius 2 is 1.46 bits per heavy atom. The maximum Gasteiger partial charge on any atom is 0.280 e. The summed E-state index contributed by atoms with van der Waals surface area (Å²) < 4.78 is 53.0. The zero-order chi connectivity index (χ0) is 39.2. The van der Waals surface area contributed by atoms with Crippen molar-refractivity contribution < 1.29 is 41.7 Å². The van der Waals surface area contributed by atoms with Crippen molar-refractivity contribution in [2.45, 2.75) is 55.2 Å². The molecule has 0 aliphatic rings. The number of alkyl halides is 1. The minimum absolute atomic E-state index is 0.0382. The predicted octanol–water partition coefficient (Wildman–Crippen LogP) is 1.75. The average molecular weight is 818 g/mol. The zero-order valence-electron chi connectivity index (χ0n) is 30.8. The van der Waals surface area contributed by atoms with Crippen LogP contribution in [0.25, 0.3) is 11.2 Å². The molecule has 0 spiro atoms. The maximum absolute atomic E-state index is 13.0. The summed E-state index contributed by atoms with van der Waals surface area (Å²) in [5, 5.41) is 5.75. The fraction of sp³-hybridized carbons (Fsp3) is 0.618. The number of thioether (sulfide) groups is 1. The minimum atomic E-state index is -3.39. The van der Waals surface area contributed by atoms with E-state index in [9.17, 15) is 22.8 Å². The highest BCUT2D eigenvalue weighted by molar-refractivity contribution is 7.99. The zero-order valence-corrected chi connectivity index (χ0v) is 33.2. The highest BCUT2D eigenvalue weighted by Crippen LogP contribution is 2.24. The number of imidazole rings is 1. The molecule has 1 atom stereocenters. The van der Waals surface area contributed by atoms with Crippen LogP contribution in [0.4, 0.5) is 5.95 Å². The number of aromatic nitrogens is 4. The number of rotatable bonds is 29. The van der Waals surface area contributed by atoms with Crippen LogP contribution >= 0.6 is 23.4 Å². The van der Waals surface area contributed by atoms with E-state index in [4.69, 9.17) is 41.0 Å². The number of unbranched alkanes of at least 4 members (excludes halogenated alkanes) is 3. The van der Waals surface area contributed by atoms with Gasteiger partial charge in [0.15, 0.2) is 26.2 Å². The largest absolute Gasteiger partial charge is 0.379 e. The quantitative estimate of drug-likeness (QED) is 0.0445. The van der Waals surface area contributed by atoms with Crippen molar-refractivity contribution in [2.75, 3.05) is 96.2 Å². The second-order valence-corrected chi connectivity index (χ2v) is 15.4. The van der Waals surface area contributed by atoms with E-state index in [1.165, 1.54) is 19.1 Å². The monoisotopic (exact) mass is 817 g/mol. The molecule has 3 aromatic rings. The lowest BCUT2D eigenvalue weighted by Gasteiger charge is -2.17. The van der Waals surface area contributed by atoms with Crippen molar-refractivity contribution in [3.8, 4) is 0 Å². The highest BCUT2D eigenvalue weighted by Gasteiger charge is 2.23. The Hall–Kier alpha value is -3.30. The van der Waals surface area contributed by atoms with E-state index in [0.717, 1.165) is 50.3 Å². The number of nitrogens with one attached hydrogen (secondary N) is 3. The first-order valence-corrected chi connectivity index (χ1v) is 21.1. The van der Waals surface area contributed by atoms with Crippen LogP contribution in [-0.2, 0) is 49.7 Å². The van der Waals surface area contributed by atoms with Crippen LogP contribution in [-0.4, -0.2) is 136 Å². The number of nitrogens with zero attached hydrogens (tertiary/aromatic N) is 3. The van der Waals surface area contributed by atoms with Crippen LogP contribution in [0.15, 0.2) is 39.1 Å². The molecule has 1 aromatic carbocycles. The Kier molecular flexibility index (Phi) is 20.9. The number of nitrogens with two attached hydrogens (primary N) is 1. The molecule has 0 aliphatic carbocycles. The van der Waals surface area contributed by atoms with Crippen LogP contribution in [0, 0.1) is 0 Å². The molecule has 20 heteroatoms. The van der Waals surface area contributed by atoms with Gasteiger partial charge in [-0.1, -0.05) is 36.7 Å². The van der Waals surface area contributed by atoms with Gasteiger partial charge < -0.3 is 40.1 Å². The number of hydrogen-bond donors (Lipinski definition) is 4. The van der Waals surface area contributed by atoms with Gasteiger partial charge in [-0.3, -0.25) is 23.9 Å². The smallest absolute Gasteiger partial charge is 0.280 e. The first-order chi connectivity index (χ1) is 26.0. The van der Waals surface area contributed by atoms with Crippen molar-refractivity contribution in [3.63, 3.8) is 0 Å². The molecule has 2 heterocycles. The van der Waals surface area contributed by atoms with E-state index in [-0.39, 0.29) is 47.5 Å². The van der Waals surface area contributed by atoms with Crippen LogP contribution in [0.5, 0.6) is 0 Å². The summed E-state index contributed by atoms with van der Waals surface area (Å²) in [7, 11) is -3.39. The Morgan fingerprint density at radius 3 is 2.04 bits per heavy atom. The molecule has 2 amide bonds. The molecule has 0 saturated heterocycles. The molecule has 0 aliphatic heterocycles. The number of benzene rings is 1. The fourth-order valence-corrected chi connectivity index (χ4v) is 6.71. The molecule has 302 valence electrons. The molecule has 0 saturated carbocycles. The number of amides is 2. The van der Waals surface area contributed by atoms with Gasteiger partial charge in [0.25, 0.3) is 5.56 Å². The molecular weight excluding hydrogens is 766 g/mol. The lowest BCUT2D eigenvalue weighted by atomic mass is 10.2. The lowest BCUT2D eigenvalue weighted by molar-refractivity contribution is -0.127. The first-order valence-electron chi connectivity index (χ1n) is 17.7. The van der Waals surface area contributed by atoms with Crippen molar-refractivity contribution in [2.24, 2.45) is 0 Å². The van der Waals surface area contributed by atoms with Gasteiger partial charge in [0.05, 0.1) is 70.9 Å². The third-order valence-corrected chi connectivity index (χ3v) is 10.0. The van der Waals surface area contributed by atoms with Crippen LogP contribution in [0.3, 0.4) is 0 Å². The molecule has 0 bridgehead atoms. The summed E-state index contributed by atoms with van der Waals surface area (Å²) in [4.78, 5) is 49.0. The SMILES string of the molecule is CC(=O)N[C@H](CSc1nc2c(=O)[nH]c(N)nc2n1Cc1ccc(S(C)(=O)=O)cc1)C(=O)NCCOCCOCCOCCOCCOCCCCCCCl. The Bertz CT molecular complexity index is 1740. The van der Waals surface area contributed by atoms with Gasteiger partial charge in [0, 0.05) is 38.0 Å². The molecule has 0 unspecified atom stereocenters. The van der Waals surface area contributed by atoms with Crippen molar-refractivity contribution in [1.29, 1.82) is 0 Å². The number of halogens is 1. The van der Waals surface area contributed by atoms with Crippen LogP contribution < -0.4 is 21.9 Å². The molecule has 3 rings (SSSR count). The number of anilines is 1. The number of carbonyl (C=O) groups is 2. The topological polar surface area (TPSA) is 228 Å². The van der Waals surface area contributed by atoms with Crippen molar-refractivity contribution in [3.05, 3.63) is 40.2 Å². The van der Waals surface area contributed by atoms with Gasteiger partial charge in [-0.2, -0.15) is 4.98 Å². The second kappa shape index (κ2) is 25.0. The van der Waals surface area contributed by atoms with Crippen molar-refractivity contribution >= 4 is 62.1 Å². The highest BCUT2D eigenvalue weighted by atomic mass is 35.5. The van der Waals surface area contributed by atoms with Gasteiger partial charge in [0.1, 0.15) is 6.04 Å². The number of sulfone groups is 1. The molecule has 0 fully saturated rings. The van der Waals surface area contributed by atoms with E-state index in [2.05, 4.69) is 25.6 Å². The number of ether oxygens (including phenoxy) is 5. The van der Waals surface area contributed by atoms with Gasteiger partial charge in [0.2, 0.25) is 17.8 Å². The number of fused-ring (bicyclic) bond motifs is 1. The number of carbonyl (C=O) groups excluding carboxylic acids is 2. The standard InChI is InChI=1S/C34H52ClN7O10S2/c1-25(43)38-28(31(44)37-12-14-49-16-18-51-20-22-52-21-19-50-17-15-48-13-6-4-3-5-11-35)24-53-34-39-29-30(40-33(36)41-32(29)45)42(34)23-26-7-9-27(10-8-26)54(2,46)47/h7-10,28H,3-6,11-24H2,1-2H3,(H,37,44)(H,38,43)(H3,36,40,41,45)/t28-/m1/s1. The van der Waals surface area contributed by atoms with E-state index in [0.29, 0.717) is 69.5 Å². The first kappa shape index (κ1) is 45.1. The lowest BCUT2D eigenvalue weighted by Crippen LogP contribution is -2.48. The fourth-order valence-electron chi connectivity index (χ4n) is 4.87. The summed E-state index contributed by atoms with van der Waals surface area (Å²) in [5.41, 5.74) is 6.23. The Labute approximate surface area is 324 Å². The molecule has 2 aromatic heterocycles. The molecule has 5 N–H and O–H groups in total. The van der Waals surface area contributed by atoms with Gasteiger partial charge in [-0.25, -0.2) is 13.4 Å². The van der Waals surface area contributed by atoms with Crippen LogP contribution in [0.1, 0.15) is 38.2 Å². The maximum atomic E-state index is 13.0. The molecular formula is C34H52ClN7O10S2. The number of nitrogen functional groups attached to an aromatic ring is 1. The molecule has 0 radical (unpaired) electrons. The summed E-state index contributed by atoms with van der Waals surface area (Å²) in [5.74, 6) is -0.158.